The predicted octanol–water partition coefficient (Wildman–Crippen LogP) is 10.7. The lowest BCUT2D eigenvalue weighted by atomic mass is 9.99. The Kier molecular flexibility index (Phi) is 38.0. The molecule has 62 heavy (non-hydrogen) atoms. The van der Waals surface area contributed by atoms with Crippen LogP contribution in [0, 0.1) is 0 Å². The van der Waals surface area contributed by atoms with Crippen molar-refractivity contribution < 1.29 is 56.2 Å². The molecule has 0 aromatic heterocycles. The zero-order valence-electron chi connectivity index (χ0n) is 38.7. The molecule has 1 rings (SSSR count). The van der Waals surface area contributed by atoms with E-state index in [1.54, 1.807) is 0 Å². The van der Waals surface area contributed by atoms with Crippen LogP contribution < -0.4 is 0 Å². The largest absolute Gasteiger partial charge is 0.457 e. The van der Waals surface area contributed by atoms with Crippen molar-refractivity contribution in [3.63, 3.8) is 0 Å². The Morgan fingerprint density at radius 2 is 1.11 bits per heavy atom. The molecule has 1 aliphatic heterocycles. The molecule has 0 spiro atoms. The van der Waals surface area contributed by atoms with Gasteiger partial charge in [-0.05, 0) is 51.4 Å². The van der Waals surface area contributed by atoms with E-state index in [1.165, 1.54) is 96.3 Å². The third-order valence-electron chi connectivity index (χ3n) is 11.0. The number of allylic oxidation sites excluding steroid dienone is 8. The Labute approximate surface area is 376 Å². The average molecular weight is 901 g/mol. The number of esters is 1. The minimum absolute atomic E-state index is 0.0340. The van der Waals surface area contributed by atoms with Crippen LogP contribution in [0.4, 0.5) is 0 Å². The van der Waals surface area contributed by atoms with Crippen molar-refractivity contribution in [3.05, 3.63) is 48.6 Å². The Morgan fingerprint density at radius 3 is 1.63 bits per heavy atom. The van der Waals surface area contributed by atoms with E-state index in [4.69, 9.17) is 18.9 Å². The first-order chi connectivity index (χ1) is 30.1. The maximum absolute atomic E-state index is 12.9. The van der Waals surface area contributed by atoms with Crippen LogP contribution in [-0.4, -0.2) is 97.5 Å². The van der Waals surface area contributed by atoms with Crippen LogP contribution in [0.15, 0.2) is 48.6 Å². The van der Waals surface area contributed by atoms with Crippen LogP contribution in [0.25, 0.3) is 0 Å². The minimum Gasteiger partial charge on any atom is -0.457 e. The maximum atomic E-state index is 12.9. The molecule has 12 nitrogen and oxygen atoms in total. The van der Waals surface area contributed by atoms with Gasteiger partial charge in [-0.15, -0.1) is 0 Å². The van der Waals surface area contributed by atoms with E-state index in [-0.39, 0.29) is 19.6 Å². The lowest BCUT2D eigenvalue weighted by molar-refractivity contribution is -0.301. The summed E-state index contributed by atoms with van der Waals surface area (Å²) in [4.78, 5) is 12.9. The second-order valence-electron chi connectivity index (χ2n) is 16.7. The fraction of sp³-hybridized carbons (Fsp3) is 0.816. The Balaban J connectivity index is 2.38. The normalized spacial score (nSPS) is 20.4. The van der Waals surface area contributed by atoms with Crippen LogP contribution in [0.2, 0.25) is 0 Å². The second kappa shape index (κ2) is 40.6. The topological polar surface area (TPSA) is 178 Å². The fourth-order valence-electron chi connectivity index (χ4n) is 7.31. The van der Waals surface area contributed by atoms with Gasteiger partial charge in [0.05, 0.1) is 19.8 Å². The van der Waals surface area contributed by atoms with E-state index in [2.05, 4.69) is 66.6 Å². The van der Waals surface area contributed by atoms with Gasteiger partial charge in [0, 0.05) is 13.0 Å². The fourth-order valence-corrected chi connectivity index (χ4v) is 7.82. The highest BCUT2D eigenvalue weighted by Gasteiger charge is 2.48. The molecule has 6 atom stereocenters. The molecule has 0 aromatic carbocycles. The molecule has 1 fully saturated rings. The second-order valence-corrected chi connectivity index (χ2v) is 17.7. The highest BCUT2D eigenvalue weighted by atomic mass is 32.3. The Hall–Kier alpha value is -1.94. The van der Waals surface area contributed by atoms with Crippen molar-refractivity contribution in [1.29, 1.82) is 0 Å². The van der Waals surface area contributed by atoms with Crippen molar-refractivity contribution in [2.24, 2.45) is 0 Å². The van der Waals surface area contributed by atoms with Crippen LogP contribution in [-0.2, 0) is 38.3 Å². The van der Waals surface area contributed by atoms with Crippen LogP contribution in [0.3, 0.4) is 0 Å². The zero-order chi connectivity index (χ0) is 45.4. The third-order valence-corrected chi connectivity index (χ3v) is 11.4. The van der Waals surface area contributed by atoms with E-state index in [1.807, 2.05) is 0 Å². The van der Waals surface area contributed by atoms with Gasteiger partial charge in [-0.3, -0.25) is 9.35 Å². The van der Waals surface area contributed by atoms with Gasteiger partial charge in [-0.1, -0.05) is 184 Å². The molecule has 0 radical (unpaired) electrons. The SMILES string of the molecule is CC/C=C\C/C=C\C/C=C\C/C=C\CCCCCCCCCCC(=O)OC(COCCCCCCCCCCCCCCCC)COC1OC(CO)C(O)C(OS(=O)(=O)O)C1O. The van der Waals surface area contributed by atoms with Crippen molar-refractivity contribution in [2.45, 2.75) is 230 Å². The van der Waals surface area contributed by atoms with Crippen molar-refractivity contribution in [3.8, 4) is 0 Å². The van der Waals surface area contributed by atoms with Gasteiger partial charge in [0.1, 0.15) is 30.5 Å². The van der Waals surface area contributed by atoms with E-state index in [0.717, 1.165) is 70.6 Å². The van der Waals surface area contributed by atoms with Gasteiger partial charge in [0.25, 0.3) is 0 Å². The number of ether oxygens (including phenoxy) is 4. The van der Waals surface area contributed by atoms with Crippen molar-refractivity contribution >= 4 is 16.4 Å². The molecular formula is C49H88O12S. The quantitative estimate of drug-likeness (QED) is 0.0198. The molecule has 0 aliphatic carbocycles. The summed E-state index contributed by atoms with van der Waals surface area (Å²) >= 11 is 0. The summed E-state index contributed by atoms with van der Waals surface area (Å²) in [7, 11) is -5.06. The molecule has 0 bridgehead atoms. The summed E-state index contributed by atoms with van der Waals surface area (Å²) in [6.45, 7) is 3.88. The third kappa shape index (κ3) is 33.6. The number of aliphatic hydroxyl groups is 3. The number of carbonyl (C=O) groups is 1. The highest BCUT2D eigenvalue weighted by molar-refractivity contribution is 7.80. The van der Waals surface area contributed by atoms with E-state index >= 15 is 0 Å². The number of rotatable bonds is 42. The lowest BCUT2D eigenvalue weighted by Gasteiger charge is -2.41. The summed E-state index contributed by atoms with van der Waals surface area (Å²) in [5, 5.41) is 30.7. The van der Waals surface area contributed by atoms with Gasteiger partial charge in [0.2, 0.25) is 0 Å². The average Bonchev–Trinajstić information content (AvgIpc) is 3.24. The number of hydrogen-bond acceptors (Lipinski definition) is 11. The van der Waals surface area contributed by atoms with Crippen molar-refractivity contribution in [2.75, 3.05) is 26.4 Å². The smallest absolute Gasteiger partial charge is 0.397 e. The van der Waals surface area contributed by atoms with Crippen molar-refractivity contribution in [1.82, 2.24) is 0 Å². The molecule has 0 amide bonds. The molecule has 362 valence electrons. The van der Waals surface area contributed by atoms with Gasteiger partial charge in [-0.2, -0.15) is 8.42 Å². The molecule has 0 saturated carbocycles. The molecule has 13 heteroatoms. The molecule has 1 aliphatic rings. The van der Waals surface area contributed by atoms with E-state index in [0.29, 0.717) is 13.0 Å². The molecule has 6 unspecified atom stereocenters. The van der Waals surface area contributed by atoms with Gasteiger partial charge in [0.15, 0.2) is 6.29 Å². The summed E-state index contributed by atoms with van der Waals surface area (Å²) < 4.78 is 59.2. The molecule has 0 aromatic rings. The molecule has 1 heterocycles. The number of carbonyl (C=O) groups excluding carboxylic acids is 1. The first kappa shape index (κ1) is 58.1. The minimum atomic E-state index is -5.06. The standard InChI is InChI=1S/C49H88O12S/c1-3-5-7-9-11-13-15-17-19-20-21-22-23-24-25-26-28-30-32-34-36-38-45(51)59-43(41-57-39-37-35-33-31-29-27-18-16-14-12-10-8-6-4-2)42-58-49-47(53)48(61-62(54,55)56)46(52)44(40-50)60-49/h5,7,11,13,17,19,21-22,43-44,46-50,52-53H,3-4,6,8-10,12,14-16,18,20,23-42H2,1-2H3,(H,54,55,56)/b7-5-,13-11-,19-17-,22-21-. The number of aliphatic hydroxyl groups excluding tert-OH is 3. The molecule has 4 N–H and O–H groups in total. The van der Waals surface area contributed by atoms with Gasteiger partial charge >= 0.3 is 16.4 Å². The number of unbranched alkanes of at least 4 members (excludes halogenated alkanes) is 21. The molecular weight excluding hydrogens is 813 g/mol. The first-order valence-electron chi connectivity index (χ1n) is 24.4. The highest BCUT2D eigenvalue weighted by Crippen LogP contribution is 2.26. The summed E-state index contributed by atoms with van der Waals surface area (Å²) in [5.41, 5.74) is 0. The van der Waals surface area contributed by atoms with Gasteiger partial charge < -0.3 is 34.3 Å². The summed E-state index contributed by atoms with van der Waals surface area (Å²) in [6, 6.07) is 0. The lowest BCUT2D eigenvalue weighted by Crippen LogP contribution is -2.60. The first-order valence-corrected chi connectivity index (χ1v) is 25.8. The predicted molar refractivity (Wildman–Crippen MR) is 248 cm³/mol. The zero-order valence-corrected chi connectivity index (χ0v) is 39.5. The Morgan fingerprint density at radius 1 is 0.629 bits per heavy atom. The van der Waals surface area contributed by atoms with Crippen LogP contribution in [0.1, 0.15) is 194 Å². The summed E-state index contributed by atoms with van der Waals surface area (Å²) in [5.74, 6) is -0.407. The van der Waals surface area contributed by atoms with E-state index in [9.17, 15) is 33.1 Å². The monoisotopic (exact) mass is 901 g/mol. The summed E-state index contributed by atoms with van der Waals surface area (Å²) in [6.07, 6.45) is 39.9. The van der Waals surface area contributed by atoms with Crippen LogP contribution in [0.5, 0.6) is 0 Å². The molecule has 1 saturated heterocycles. The van der Waals surface area contributed by atoms with Gasteiger partial charge in [-0.25, -0.2) is 4.18 Å². The Bertz CT molecular complexity index is 1270. The maximum Gasteiger partial charge on any atom is 0.397 e. The van der Waals surface area contributed by atoms with E-state index < -0.39 is 59.8 Å². The van der Waals surface area contributed by atoms with Crippen LogP contribution >= 0.6 is 0 Å². The number of hydrogen-bond donors (Lipinski definition) is 4.